The molecule has 0 bridgehead atoms. The van der Waals surface area contributed by atoms with Gasteiger partial charge in [0.25, 0.3) is 0 Å². The Morgan fingerprint density at radius 1 is 1.13 bits per heavy atom. The molecule has 1 N–H and O–H groups in total. The number of carboxylic acids is 1. The van der Waals surface area contributed by atoms with E-state index in [-0.39, 0.29) is 5.56 Å². The molecule has 124 valence electrons. The van der Waals surface area contributed by atoms with Gasteiger partial charge in [-0.1, -0.05) is 58.1 Å². The topological polar surface area (TPSA) is 60.4 Å². The van der Waals surface area contributed by atoms with Gasteiger partial charge in [-0.25, -0.2) is 4.79 Å². The molecule has 0 heterocycles. The first-order valence-electron chi connectivity index (χ1n) is 7.31. The van der Waals surface area contributed by atoms with E-state index in [2.05, 4.69) is 61.2 Å². The van der Waals surface area contributed by atoms with Gasteiger partial charge in [0.2, 0.25) is 0 Å². The third kappa shape index (κ3) is 6.42. The number of nitrogens with zero attached hydrogens (tertiary/aromatic N) is 1. The minimum atomic E-state index is -1.18. The Hall–Kier alpha value is -1.85. The lowest BCUT2D eigenvalue weighted by Gasteiger charge is -2.28. The van der Waals surface area contributed by atoms with Gasteiger partial charge in [-0.15, -0.1) is 0 Å². The summed E-state index contributed by atoms with van der Waals surface area (Å²) in [6.45, 7) is 4.45. The highest BCUT2D eigenvalue weighted by Gasteiger charge is 2.13. The van der Waals surface area contributed by atoms with Crippen LogP contribution in [0.5, 0.6) is 5.75 Å². The van der Waals surface area contributed by atoms with Gasteiger partial charge in [0.05, 0.1) is 26.2 Å². The molecule has 0 spiro atoms. The smallest absolute Gasteiger partial charge is 0.335 e. The van der Waals surface area contributed by atoms with Crippen molar-refractivity contribution < 1.29 is 19.5 Å². The van der Waals surface area contributed by atoms with E-state index in [1.807, 2.05) is 0 Å². The number of carbonyl (C=O) groups is 1. The Bertz CT molecular complexity index is 656. The number of rotatable bonds is 4. The molecule has 0 atom stereocenters. The first-order valence-corrected chi connectivity index (χ1v) is 8.11. The van der Waals surface area contributed by atoms with Crippen LogP contribution in [0.25, 0.3) is 0 Å². The second-order valence-electron chi connectivity index (χ2n) is 5.80. The Kier molecular flexibility index (Phi) is 7.26. The molecule has 0 saturated carbocycles. The summed E-state index contributed by atoms with van der Waals surface area (Å²) >= 11 is 3.57. The van der Waals surface area contributed by atoms with Crippen molar-refractivity contribution in [2.75, 3.05) is 20.6 Å². The van der Waals surface area contributed by atoms with E-state index >= 15 is 0 Å². The zero-order chi connectivity index (χ0) is 17.5. The molecule has 2 aromatic rings. The third-order valence-electron chi connectivity index (χ3n) is 3.53. The molecule has 0 aliphatic rings. The first-order chi connectivity index (χ1) is 10.8. The lowest BCUT2D eigenvalue weighted by Crippen LogP contribution is -2.38. The van der Waals surface area contributed by atoms with Crippen molar-refractivity contribution in [1.82, 2.24) is 0 Å². The van der Waals surface area contributed by atoms with Crippen LogP contribution in [0.2, 0.25) is 0 Å². The molecule has 0 aliphatic heterocycles. The van der Waals surface area contributed by atoms with Gasteiger partial charge in [-0.05, 0) is 19.1 Å². The second kappa shape index (κ2) is 8.70. The molecular weight excluding hydrogens is 358 g/mol. The van der Waals surface area contributed by atoms with Crippen LogP contribution in [-0.2, 0) is 6.54 Å². The van der Waals surface area contributed by atoms with Crippen molar-refractivity contribution in [3.8, 4) is 5.75 Å². The molecule has 23 heavy (non-hydrogen) atoms. The Morgan fingerprint density at radius 3 is 2.17 bits per heavy atom. The van der Waals surface area contributed by atoms with E-state index in [0.29, 0.717) is 0 Å². The van der Waals surface area contributed by atoms with Crippen LogP contribution in [0.4, 0.5) is 0 Å². The summed E-state index contributed by atoms with van der Waals surface area (Å²) in [5.74, 6) is -1.62. The van der Waals surface area contributed by atoms with Gasteiger partial charge >= 0.3 is 5.97 Å². The van der Waals surface area contributed by atoms with Crippen LogP contribution in [0.1, 0.15) is 22.8 Å². The Balaban J connectivity index is 0.000000238. The van der Waals surface area contributed by atoms with Gasteiger partial charge in [-0.2, -0.15) is 0 Å². The molecule has 0 radical (unpaired) electrons. The third-order valence-corrected chi connectivity index (χ3v) is 4.30. The largest absolute Gasteiger partial charge is 0.872 e. The lowest BCUT2D eigenvalue weighted by atomic mass is 10.2. The fourth-order valence-electron chi connectivity index (χ4n) is 1.84. The fraction of sp³-hybridized carbons (Fsp3) is 0.278. The van der Waals surface area contributed by atoms with Gasteiger partial charge in [0.1, 0.15) is 6.54 Å². The SMILES string of the molecule is CC[N+](C)(C)Cc1ccccc1Br.O=C(O)c1ccccc1[O-]. The van der Waals surface area contributed by atoms with Crippen molar-refractivity contribution in [3.05, 3.63) is 64.1 Å². The van der Waals surface area contributed by atoms with Gasteiger partial charge < -0.3 is 14.7 Å². The lowest BCUT2D eigenvalue weighted by molar-refractivity contribution is -0.901. The number of hydrogen-bond acceptors (Lipinski definition) is 2. The summed E-state index contributed by atoms with van der Waals surface area (Å²) in [6, 6.07) is 14.0. The van der Waals surface area contributed by atoms with E-state index in [1.54, 1.807) is 0 Å². The zero-order valence-electron chi connectivity index (χ0n) is 13.6. The molecule has 4 nitrogen and oxygen atoms in total. The number of quaternary nitrogens is 1. The van der Waals surface area contributed by atoms with Crippen LogP contribution >= 0.6 is 15.9 Å². The number of aromatic carboxylic acids is 1. The highest BCUT2D eigenvalue weighted by molar-refractivity contribution is 9.10. The maximum atomic E-state index is 10.7. The van der Waals surface area contributed by atoms with Gasteiger partial charge in [0.15, 0.2) is 0 Å². The van der Waals surface area contributed by atoms with Crippen molar-refractivity contribution in [3.63, 3.8) is 0 Å². The van der Waals surface area contributed by atoms with Crippen molar-refractivity contribution >= 4 is 21.9 Å². The summed E-state index contributed by atoms with van der Waals surface area (Å²) in [5.41, 5.74) is 1.21. The van der Waals surface area contributed by atoms with E-state index in [9.17, 15) is 9.90 Å². The molecule has 0 unspecified atom stereocenters. The molecule has 0 aliphatic carbocycles. The summed E-state index contributed by atoms with van der Waals surface area (Å²) in [5, 5.41) is 19.0. The van der Waals surface area contributed by atoms with Crippen LogP contribution in [0.3, 0.4) is 0 Å². The predicted molar refractivity (Wildman–Crippen MR) is 93.3 cm³/mol. The average Bonchev–Trinajstić information content (AvgIpc) is 2.50. The number of halogens is 1. The maximum absolute atomic E-state index is 10.7. The summed E-state index contributed by atoms with van der Waals surface area (Å²) in [4.78, 5) is 10.2. The van der Waals surface area contributed by atoms with E-state index in [1.165, 1.54) is 34.3 Å². The van der Waals surface area contributed by atoms with Gasteiger partial charge in [-0.3, -0.25) is 0 Å². The van der Waals surface area contributed by atoms with Crippen LogP contribution in [-0.4, -0.2) is 36.2 Å². The second-order valence-corrected chi connectivity index (χ2v) is 6.66. The Labute approximate surface area is 145 Å². The normalized spacial score (nSPS) is 10.6. The number of carboxylic acid groups (broad SMARTS) is 1. The summed E-state index contributed by atoms with van der Waals surface area (Å²) in [6.07, 6.45) is 0. The minimum Gasteiger partial charge on any atom is -0.872 e. The van der Waals surface area contributed by atoms with Crippen molar-refractivity contribution in [2.45, 2.75) is 13.5 Å². The Morgan fingerprint density at radius 2 is 1.70 bits per heavy atom. The molecule has 0 fully saturated rings. The molecule has 0 aromatic heterocycles. The first kappa shape index (κ1) is 19.2. The van der Waals surface area contributed by atoms with Crippen molar-refractivity contribution in [2.24, 2.45) is 0 Å². The fourth-order valence-corrected chi connectivity index (χ4v) is 2.25. The monoisotopic (exact) mass is 379 g/mol. The molecule has 0 saturated heterocycles. The number of benzene rings is 2. The molecule has 5 heteroatoms. The quantitative estimate of drug-likeness (QED) is 0.826. The molecule has 0 amide bonds. The minimum absolute atomic E-state index is 0.178. The highest BCUT2D eigenvalue weighted by atomic mass is 79.9. The predicted octanol–water partition coefficient (Wildman–Crippen LogP) is 3.50. The van der Waals surface area contributed by atoms with Crippen molar-refractivity contribution in [1.29, 1.82) is 0 Å². The van der Waals surface area contributed by atoms with E-state index in [4.69, 9.17) is 5.11 Å². The molecule has 2 aromatic carbocycles. The number of hydrogen-bond donors (Lipinski definition) is 1. The standard InChI is InChI=1S/C11H17BrN.C7H6O3/c1-4-13(2,3)9-10-7-5-6-8-11(10)12;8-6-4-2-1-3-5(6)7(9)10/h5-8H,4,9H2,1-3H3;1-4,8H,(H,9,10)/q+1;/p-1. The molecular formula is C18H22BrNO3. The zero-order valence-corrected chi connectivity index (χ0v) is 15.2. The van der Waals surface area contributed by atoms with Crippen LogP contribution < -0.4 is 5.11 Å². The van der Waals surface area contributed by atoms with E-state index in [0.717, 1.165) is 17.6 Å². The average molecular weight is 380 g/mol. The maximum Gasteiger partial charge on any atom is 0.335 e. The summed E-state index contributed by atoms with van der Waals surface area (Å²) < 4.78 is 2.25. The van der Waals surface area contributed by atoms with E-state index < -0.39 is 11.7 Å². The highest BCUT2D eigenvalue weighted by Crippen LogP contribution is 2.19. The van der Waals surface area contributed by atoms with Crippen LogP contribution in [0.15, 0.2) is 53.0 Å². The number of para-hydroxylation sites is 1. The summed E-state index contributed by atoms with van der Waals surface area (Å²) in [7, 11) is 4.50. The van der Waals surface area contributed by atoms with Crippen LogP contribution in [0, 0.1) is 0 Å². The molecule has 2 rings (SSSR count). The van der Waals surface area contributed by atoms with Gasteiger partial charge in [0, 0.05) is 10.0 Å².